The Hall–Kier alpha value is -3.26. The Bertz CT molecular complexity index is 1330. The van der Waals surface area contributed by atoms with E-state index in [0.29, 0.717) is 40.2 Å². The Morgan fingerprint density at radius 2 is 2.03 bits per heavy atom. The number of furan rings is 1. The van der Waals surface area contributed by atoms with Crippen LogP contribution in [-0.4, -0.2) is 28.3 Å². The number of nitrogens with one attached hydrogen (secondary N) is 1. The monoisotopic (exact) mass is 451 g/mol. The number of rotatable bonds is 8. The third-order valence-corrected chi connectivity index (χ3v) is 6.04. The molecule has 0 unspecified atom stereocenters. The van der Waals surface area contributed by atoms with Crippen molar-refractivity contribution in [3.05, 3.63) is 58.9 Å². The minimum Gasteiger partial charge on any atom is -0.497 e. The van der Waals surface area contributed by atoms with E-state index >= 15 is 0 Å². The molecule has 7 nitrogen and oxygen atoms in total. The second kappa shape index (κ2) is 9.48. The van der Waals surface area contributed by atoms with Crippen LogP contribution in [0.25, 0.3) is 22.1 Å². The third kappa shape index (κ3) is 4.65. The summed E-state index contributed by atoms with van der Waals surface area (Å²) in [5, 5.41) is 4.16. The molecule has 4 aromatic rings. The van der Waals surface area contributed by atoms with Crippen LogP contribution < -0.4 is 15.6 Å². The molecule has 1 amide bonds. The first-order chi connectivity index (χ1) is 15.5. The van der Waals surface area contributed by atoms with Crippen molar-refractivity contribution in [2.24, 2.45) is 5.92 Å². The van der Waals surface area contributed by atoms with Crippen molar-refractivity contribution in [1.82, 2.24) is 9.55 Å². The van der Waals surface area contributed by atoms with Gasteiger partial charge in [-0.3, -0.25) is 14.2 Å². The van der Waals surface area contributed by atoms with Crippen molar-refractivity contribution in [1.29, 1.82) is 0 Å². The molecule has 0 aliphatic carbocycles. The first-order valence-corrected chi connectivity index (χ1v) is 11.4. The predicted octanol–water partition coefficient (Wildman–Crippen LogP) is 4.93. The van der Waals surface area contributed by atoms with E-state index in [2.05, 4.69) is 19.2 Å². The number of para-hydroxylation sites is 1. The normalized spacial score (nSPS) is 11.4. The Morgan fingerprint density at radius 1 is 1.22 bits per heavy atom. The molecule has 0 spiro atoms. The van der Waals surface area contributed by atoms with Crippen molar-refractivity contribution >= 4 is 45.4 Å². The van der Waals surface area contributed by atoms with Crippen LogP contribution in [0.1, 0.15) is 20.3 Å². The number of aromatic nitrogens is 2. The summed E-state index contributed by atoms with van der Waals surface area (Å²) in [5.74, 6) is 1.01. The molecule has 8 heteroatoms. The van der Waals surface area contributed by atoms with Gasteiger partial charge in [-0.15, -0.1) is 0 Å². The number of hydrogen-bond acceptors (Lipinski definition) is 6. The van der Waals surface area contributed by atoms with Gasteiger partial charge in [0.2, 0.25) is 11.5 Å². The fourth-order valence-corrected chi connectivity index (χ4v) is 4.19. The van der Waals surface area contributed by atoms with E-state index in [9.17, 15) is 9.59 Å². The second-order valence-electron chi connectivity index (χ2n) is 7.88. The number of amides is 1. The summed E-state index contributed by atoms with van der Waals surface area (Å²) in [4.78, 5) is 30.5. The first kappa shape index (κ1) is 22.0. The summed E-state index contributed by atoms with van der Waals surface area (Å²) in [7, 11) is 1.58. The number of benzene rings is 2. The highest BCUT2D eigenvalue weighted by Crippen LogP contribution is 2.27. The lowest BCUT2D eigenvalue weighted by atomic mass is 10.1. The molecule has 0 aliphatic heterocycles. The maximum absolute atomic E-state index is 13.2. The number of anilines is 1. The van der Waals surface area contributed by atoms with E-state index in [4.69, 9.17) is 14.1 Å². The molecule has 4 rings (SSSR count). The first-order valence-electron chi connectivity index (χ1n) is 10.4. The smallest absolute Gasteiger partial charge is 0.297 e. The molecular weight excluding hydrogens is 426 g/mol. The van der Waals surface area contributed by atoms with Crippen LogP contribution in [0.15, 0.2) is 62.9 Å². The number of fused-ring (bicyclic) bond motifs is 3. The van der Waals surface area contributed by atoms with Gasteiger partial charge in [0.15, 0.2) is 5.16 Å². The summed E-state index contributed by atoms with van der Waals surface area (Å²) >= 11 is 1.24. The van der Waals surface area contributed by atoms with E-state index in [-0.39, 0.29) is 22.8 Å². The van der Waals surface area contributed by atoms with Crippen LogP contribution in [0.2, 0.25) is 0 Å². The zero-order valence-corrected chi connectivity index (χ0v) is 19.1. The van der Waals surface area contributed by atoms with Crippen molar-refractivity contribution < 1.29 is 13.9 Å². The van der Waals surface area contributed by atoms with Crippen molar-refractivity contribution in [2.75, 3.05) is 18.2 Å². The third-order valence-electron chi connectivity index (χ3n) is 5.06. The topological polar surface area (TPSA) is 86.4 Å². The highest BCUT2D eigenvalue weighted by Gasteiger charge is 2.19. The second-order valence-corrected chi connectivity index (χ2v) is 8.82. The molecule has 0 saturated heterocycles. The molecule has 0 radical (unpaired) electrons. The Balaban J connectivity index is 1.63. The van der Waals surface area contributed by atoms with Crippen LogP contribution in [-0.2, 0) is 11.3 Å². The number of methoxy groups -OCH3 is 1. The molecular formula is C24H25N3O4S. The molecule has 2 heterocycles. The zero-order valence-electron chi connectivity index (χ0n) is 18.3. The highest BCUT2D eigenvalue weighted by molar-refractivity contribution is 7.99. The Morgan fingerprint density at radius 3 is 2.81 bits per heavy atom. The zero-order chi connectivity index (χ0) is 22.7. The molecule has 166 valence electrons. The van der Waals surface area contributed by atoms with Crippen LogP contribution in [0.5, 0.6) is 5.75 Å². The number of ether oxygens (including phenoxy) is 1. The van der Waals surface area contributed by atoms with E-state index in [0.717, 1.165) is 11.8 Å². The molecule has 1 N–H and O–H groups in total. The van der Waals surface area contributed by atoms with Gasteiger partial charge in [-0.25, -0.2) is 4.98 Å². The standard InChI is InChI=1S/C24H25N3O4S/c1-15(2)11-12-27-23(29)22-21(18-9-4-5-10-19(18)31-22)26-24(27)32-14-20(28)25-16-7-6-8-17(13-16)30-3/h4-10,13,15H,11-12,14H2,1-3H3,(H,25,28). The molecule has 0 atom stereocenters. The summed E-state index contributed by atoms with van der Waals surface area (Å²) in [6.45, 7) is 4.72. The van der Waals surface area contributed by atoms with Crippen molar-refractivity contribution in [3.63, 3.8) is 0 Å². The minimum atomic E-state index is -0.220. The number of nitrogens with zero attached hydrogens (tertiary/aromatic N) is 2. The van der Waals surface area contributed by atoms with Crippen LogP contribution in [0.4, 0.5) is 5.69 Å². The van der Waals surface area contributed by atoms with Gasteiger partial charge in [-0.05, 0) is 36.6 Å². The molecule has 0 aliphatic rings. The highest BCUT2D eigenvalue weighted by atomic mass is 32.2. The SMILES string of the molecule is COc1cccc(NC(=O)CSc2nc3c(oc4ccccc43)c(=O)n2CCC(C)C)c1. The lowest BCUT2D eigenvalue weighted by Gasteiger charge is -2.13. The van der Waals surface area contributed by atoms with Crippen LogP contribution >= 0.6 is 11.8 Å². The number of hydrogen-bond donors (Lipinski definition) is 1. The largest absolute Gasteiger partial charge is 0.497 e. The van der Waals surface area contributed by atoms with Gasteiger partial charge in [0, 0.05) is 23.7 Å². The lowest BCUT2D eigenvalue weighted by molar-refractivity contribution is -0.113. The minimum absolute atomic E-state index is 0.118. The molecule has 2 aromatic heterocycles. The number of carbonyl (C=O) groups is 1. The summed E-state index contributed by atoms with van der Waals surface area (Å²) in [5.41, 5.74) is 1.83. The van der Waals surface area contributed by atoms with Gasteiger partial charge in [-0.2, -0.15) is 0 Å². The lowest BCUT2D eigenvalue weighted by Crippen LogP contribution is -2.24. The number of carbonyl (C=O) groups excluding carboxylic acids is 1. The fraction of sp³-hybridized carbons (Fsp3) is 0.292. The summed E-state index contributed by atoms with van der Waals surface area (Å²) < 4.78 is 12.6. The van der Waals surface area contributed by atoms with Gasteiger partial charge in [0.25, 0.3) is 5.56 Å². The molecule has 0 fully saturated rings. The maximum Gasteiger partial charge on any atom is 0.297 e. The van der Waals surface area contributed by atoms with Crippen molar-refractivity contribution in [2.45, 2.75) is 32.0 Å². The van der Waals surface area contributed by atoms with Gasteiger partial charge >= 0.3 is 0 Å². The summed E-state index contributed by atoms with van der Waals surface area (Å²) in [6, 6.07) is 14.6. The average molecular weight is 452 g/mol. The van der Waals surface area contributed by atoms with E-state index in [1.165, 1.54) is 11.8 Å². The molecule has 0 bridgehead atoms. The van der Waals surface area contributed by atoms with Gasteiger partial charge in [0.05, 0.1) is 12.9 Å². The fourth-order valence-electron chi connectivity index (χ4n) is 3.38. The predicted molar refractivity (Wildman–Crippen MR) is 128 cm³/mol. The van der Waals surface area contributed by atoms with Gasteiger partial charge in [0.1, 0.15) is 16.8 Å². The van der Waals surface area contributed by atoms with Gasteiger partial charge in [-0.1, -0.05) is 43.8 Å². The quantitative estimate of drug-likeness (QED) is 0.302. The van der Waals surface area contributed by atoms with Crippen molar-refractivity contribution in [3.8, 4) is 5.75 Å². The Labute approximate surface area is 189 Å². The van der Waals surface area contributed by atoms with E-state index < -0.39 is 0 Å². The Kier molecular flexibility index (Phi) is 6.50. The summed E-state index contributed by atoms with van der Waals surface area (Å²) in [6.07, 6.45) is 0.816. The molecule has 32 heavy (non-hydrogen) atoms. The molecule has 0 saturated carbocycles. The maximum atomic E-state index is 13.2. The van der Waals surface area contributed by atoms with Gasteiger partial charge < -0.3 is 14.5 Å². The molecule has 2 aromatic carbocycles. The van der Waals surface area contributed by atoms with E-state index in [1.807, 2.05) is 36.4 Å². The van der Waals surface area contributed by atoms with E-state index in [1.54, 1.807) is 23.8 Å². The van der Waals surface area contributed by atoms with Crippen LogP contribution in [0.3, 0.4) is 0 Å². The number of thioether (sulfide) groups is 1. The van der Waals surface area contributed by atoms with Crippen LogP contribution in [0, 0.1) is 5.92 Å². The average Bonchev–Trinajstić information content (AvgIpc) is 3.16.